The SMILES string of the molecule is CCCCCCCCCCCCCCCCCCNN(CC)CCC. The van der Waals surface area contributed by atoms with Gasteiger partial charge in [0.2, 0.25) is 0 Å². The zero-order chi connectivity index (χ0) is 18.4. The van der Waals surface area contributed by atoms with Gasteiger partial charge in [-0.1, -0.05) is 117 Å². The van der Waals surface area contributed by atoms with Gasteiger partial charge in [-0.05, 0) is 12.8 Å². The Hall–Kier alpha value is -0.0800. The number of nitrogens with zero attached hydrogens (tertiary/aromatic N) is 1. The van der Waals surface area contributed by atoms with Gasteiger partial charge >= 0.3 is 0 Å². The number of hydrogen-bond acceptors (Lipinski definition) is 2. The van der Waals surface area contributed by atoms with Crippen LogP contribution in [0, 0.1) is 0 Å². The molecule has 0 spiro atoms. The summed E-state index contributed by atoms with van der Waals surface area (Å²) < 4.78 is 0. The van der Waals surface area contributed by atoms with E-state index < -0.39 is 0 Å². The average Bonchev–Trinajstić information content (AvgIpc) is 2.63. The van der Waals surface area contributed by atoms with Gasteiger partial charge in [-0.3, -0.25) is 5.43 Å². The van der Waals surface area contributed by atoms with Crippen LogP contribution in [0.1, 0.15) is 130 Å². The minimum Gasteiger partial charge on any atom is -0.255 e. The van der Waals surface area contributed by atoms with Gasteiger partial charge in [0, 0.05) is 19.6 Å². The van der Waals surface area contributed by atoms with E-state index >= 15 is 0 Å². The number of unbranched alkanes of at least 4 members (excludes halogenated alkanes) is 15. The fraction of sp³-hybridized carbons (Fsp3) is 1.00. The summed E-state index contributed by atoms with van der Waals surface area (Å²) in [6.07, 6.45) is 24.4. The Labute approximate surface area is 160 Å². The molecule has 0 amide bonds. The maximum absolute atomic E-state index is 3.55. The van der Waals surface area contributed by atoms with E-state index in [0.29, 0.717) is 0 Å². The lowest BCUT2D eigenvalue weighted by molar-refractivity contribution is 0.196. The molecule has 0 aliphatic heterocycles. The molecule has 0 atom stereocenters. The molecule has 152 valence electrons. The standard InChI is InChI=1S/C23H50N2/c1-4-7-8-9-10-11-12-13-14-15-16-17-18-19-20-21-22-24-25(6-3)23-5-2/h24H,4-23H2,1-3H3. The van der Waals surface area contributed by atoms with Crippen LogP contribution in [-0.2, 0) is 0 Å². The molecule has 0 saturated carbocycles. The van der Waals surface area contributed by atoms with E-state index in [1.165, 1.54) is 116 Å². The Bertz CT molecular complexity index is 230. The van der Waals surface area contributed by atoms with Crippen LogP contribution in [0.5, 0.6) is 0 Å². The monoisotopic (exact) mass is 354 g/mol. The fourth-order valence-electron chi connectivity index (χ4n) is 3.53. The van der Waals surface area contributed by atoms with Crippen LogP contribution in [0.15, 0.2) is 0 Å². The molecular formula is C23H50N2. The third kappa shape index (κ3) is 20.1. The highest BCUT2D eigenvalue weighted by atomic mass is 15.5. The van der Waals surface area contributed by atoms with Crippen molar-refractivity contribution in [3.63, 3.8) is 0 Å². The first-order valence-electron chi connectivity index (χ1n) is 11.8. The number of rotatable bonds is 21. The zero-order valence-electron chi connectivity index (χ0n) is 18.1. The summed E-state index contributed by atoms with van der Waals surface area (Å²) in [5, 5.41) is 2.35. The average molecular weight is 355 g/mol. The Morgan fingerprint density at radius 1 is 0.480 bits per heavy atom. The van der Waals surface area contributed by atoms with Gasteiger partial charge < -0.3 is 0 Å². The first kappa shape index (κ1) is 24.9. The molecule has 2 heteroatoms. The normalized spacial score (nSPS) is 11.5. The zero-order valence-corrected chi connectivity index (χ0v) is 18.1. The second kappa shape index (κ2) is 22.0. The molecule has 0 saturated heterocycles. The summed E-state index contributed by atoms with van der Waals surface area (Å²) in [5.74, 6) is 0. The van der Waals surface area contributed by atoms with Gasteiger partial charge in [-0.15, -0.1) is 0 Å². The predicted molar refractivity (Wildman–Crippen MR) is 115 cm³/mol. The van der Waals surface area contributed by atoms with Gasteiger partial charge in [0.25, 0.3) is 0 Å². The van der Waals surface area contributed by atoms with Crippen molar-refractivity contribution in [2.45, 2.75) is 130 Å². The highest BCUT2D eigenvalue weighted by Crippen LogP contribution is 2.13. The second-order valence-electron chi connectivity index (χ2n) is 7.79. The first-order chi connectivity index (χ1) is 12.3. The van der Waals surface area contributed by atoms with Crippen molar-refractivity contribution in [2.24, 2.45) is 0 Å². The van der Waals surface area contributed by atoms with Crippen molar-refractivity contribution in [1.82, 2.24) is 10.4 Å². The summed E-state index contributed by atoms with van der Waals surface area (Å²) >= 11 is 0. The fourth-order valence-corrected chi connectivity index (χ4v) is 3.53. The summed E-state index contributed by atoms with van der Waals surface area (Å²) in [4.78, 5) is 0. The van der Waals surface area contributed by atoms with Crippen LogP contribution in [0.4, 0.5) is 0 Å². The van der Waals surface area contributed by atoms with E-state index in [4.69, 9.17) is 0 Å². The largest absolute Gasteiger partial charge is 0.255 e. The van der Waals surface area contributed by atoms with E-state index in [-0.39, 0.29) is 0 Å². The minimum absolute atomic E-state index is 1.12. The Kier molecular flexibility index (Phi) is 21.9. The first-order valence-corrected chi connectivity index (χ1v) is 11.8. The van der Waals surface area contributed by atoms with Gasteiger partial charge in [0.05, 0.1) is 0 Å². The van der Waals surface area contributed by atoms with Crippen molar-refractivity contribution >= 4 is 0 Å². The summed E-state index contributed by atoms with van der Waals surface area (Å²) in [6.45, 7) is 10.2. The molecule has 2 nitrogen and oxygen atoms in total. The molecule has 25 heavy (non-hydrogen) atoms. The van der Waals surface area contributed by atoms with Crippen LogP contribution in [0.3, 0.4) is 0 Å². The molecule has 0 unspecified atom stereocenters. The van der Waals surface area contributed by atoms with Crippen LogP contribution in [0.25, 0.3) is 0 Å². The summed E-state index contributed by atoms with van der Waals surface area (Å²) in [5.41, 5.74) is 3.55. The maximum Gasteiger partial charge on any atom is 0.0128 e. The lowest BCUT2D eigenvalue weighted by atomic mass is 10.0. The Morgan fingerprint density at radius 3 is 1.24 bits per heavy atom. The van der Waals surface area contributed by atoms with E-state index in [1.807, 2.05) is 0 Å². The molecule has 0 aromatic rings. The Morgan fingerprint density at radius 2 is 0.880 bits per heavy atom. The van der Waals surface area contributed by atoms with Gasteiger partial charge in [-0.2, -0.15) is 0 Å². The van der Waals surface area contributed by atoms with Crippen LogP contribution in [-0.4, -0.2) is 24.6 Å². The smallest absolute Gasteiger partial charge is 0.0128 e. The third-order valence-corrected chi connectivity index (χ3v) is 5.24. The second-order valence-corrected chi connectivity index (χ2v) is 7.79. The molecule has 0 aliphatic carbocycles. The van der Waals surface area contributed by atoms with E-state index in [2.05, 4.69) is 31.2 Å². The molecule has 0 fully saturated rings. The lowest BCUT2D eigenvalue weighted by Gasteiger charge is -2.20. The van der Waals surface area contributed by atoms with Crippen molar-refractivity contribution < 1.29 is 0 Å². The van der Waals surface area contributed by atoms with E-state index in [0.717, 1.165) is 13.1 Å². The molecular weight excluding hydrogens is 304 g/mol. The third-order valence-electron chi connectivity index (χ3n) is 5.24. The highest BCUT2D eigenvalue weighted by molar-refractivity contribution is 4.52. The van der Waals surface area contributed by atoms with Crippen molar-refractivity contribution in [3.05, 3.63) is 0 Å². The molecule has 0 radical (unpaired) electrons. The molecule has 0 aromatic heterocycles. The predicted octanol–water partition coefficient (Wildman–Crippen LogP) is 7.48. The van der Waals surface area contributed by atoms with Gasteiger partial charge in [0.1, 0.15) is 0 Å². The van der Waals surface area contributed by atoms with Crippen LogP contribution >= 0.6 is 0 Å². The Balaban J connectivity index is 3.07. The number of nitrogens with one attached hydrogen (secondary N) is 1. The van der Waals surface area contributed by atoms with E-state index in [9.17, 15) is 0 Å². The summed E-state index contributed by atoms with van der Waals surface area (Å²) in [7, 11) is 0. The van der Waals surface area contributed by atoms with Crippen molar-refractivity contribution in [2.75, 3.05) is 19.6 Å². The minimum atomic E-state index is 1.12. The molecule has 0 bridgehead atoms. The topological polar surface area (TPSA) is 15.3 Å². The lowest BCUT2D eigenvalue weighted by Crippen LogP contribution is -2.38. The van der Waals surface area contributed by atoms with E-state index in [1.54, 1.807) is 0 Å². The molecule has 0 rings (SSSR count). The van der Waals surface area contributed by atoms with Crippen LogP contribution in [0.2, 0.25) is 0 Å². The van der Waals surface area contributed by atoms with Crippen LogP contribution < -0.4 is 5.43 Å². The maximum atomic E-state index is 3.55. The van der Waals surface area contributed by atoms with Crippen molar-refractivity contribution in [1.29, 1.82) is 0 Å². The number of hydrogen-bond donors (Lipinski definition) is 1. The molecule has 0 heterocycles. The molecule has 0 aromatic carbocycles. The van der Waals surface area contributed by atoms with Crippen molar-refractivity contribution in [3.8, 4) is 0 Å². The number of hydrazine groups is 1. The van der Waals surface area contributed by atoms with Gasteiger partial charge in [0.15, 0.2) is 0 Å². The van der Waals surface area contributed by atoms with Gasteiger partial charge in [-0.25, -0.2) is 5.01 Å². The quantitative estimate of drug-likeness (QED) is 0.170. The highest BCUT2D eigenvalue weighted by Gasteiger charge is 1.98. The molecule has 0 aliphatic rings. The molecule has 1 N–H and O–H groups in total. The summed E-state index contributed by atoms with van der Waals surface area (Å²) in [6, 6.07) is 0.